The zero-order valence-electron chi connectivity index (χ0n) is 16.9. The fourth-order valence-corrected chi connectivity index (χ4v) is 5.50. The number of amides is 3. The molecule has 0 aromatic heterocycles. The molecule has 160 valence electrons. The van der Waals surface area contributed by atoms with Crippen LogP contribution in [0.5, 0.6) is 0 Å². The molecule has 3 unspecified atom stereocenters. The summed E-state index contributed by atoms with van der Waals surface area (Å²) in [5.74, 6) is -0.869. The van der Waals surface area contributed by atoms with Crippen LogP contribution in [0.4, 0.5) is 4.39 Å². The average molecular weight is 414 g/mol. The highest BCUT2D eigenvalue weighted by Crippen LogP contribution is 2.36. The molecule has 30 heavy (non-hydrogen) atoms. The first-order valence-electron chi connectivity index (χ1n) is 10.8. The predicted octanol–water partition coefficient (Wildman–Crippen LogP) is 1.16. The minimum atomic E-state index is -1.16. The lowest BCUT2D eigenvalue weighted by molar-refractivity contribution is -0.136. The van der Waals surface area contributed by atoms with E-state index in [-0.39, 0.29) is 18.2 Å². The summed E-state index contributed by atoms with van der Waals surface area (Å²) in [5.41, 5.74) is 1.30. The summed E-state index contributed by atoms with van der Waals surface area (Å²) in [6.45, 7) is 1.23. The van der Waals surface area contributed by atoms with Gasteiger partial charge in [-0.25, -0.2) is 4.39 Å². The van der Waals surface area contributed by atoms with Gasteiger partial charge in [0.25, 0.3) is 5.91 Å². The highest BCUT2D eigenvalue weighted by atomic mass is 19.1. The summed E-state index contributed by atoms with van der Waals surface area (Å²) in [6.07, 6.45) is 3.87. The second-order valence-electron chi connectivity index (χ2n) is 9.19. The number of hydrogen-bond acceptors (Lipinski definition) is 5. The van der Waals surface area contributed by atoms with Gasteiger partial charge in [-0.2, -0.15) is 0 Å². The monoisotopic (exact) mass is 414 g/mol. The van der Waals surface area contributed by atoms with E-state index in [0.717, 1.165) is 24.0 Å². The molecule has 3 atom stereocenters. The van der Waals surface area contributed by atoms with E-state index in [1.807, 2.05) is 12.1 Å². The number of hydrogen-bond donors (Lipinski definition) is 3. The Morgan fingerprint density at radius 2 is 1.90 bits per heavy atom. The normalized spacial score (nSPS) is 33.0. The molecule has 1 aromatic rings. The van der Waals surface area contributed by atoms with E-state index in [1.54, 1.807) is 11.0 Å². The highest BCUT2D eigenvalue weighted by Gasteiger charge is 2.44. The number of nitrogens with zero attached hydrogens (tertiary/aromatic N) is 1. The summed E-state index contributed by atoms with van der Waals surface area (Å²) in [6, 6.07) is 5.64. The Morgan fingerprint density at radius 3 is 2.63 bits per heavy atom. The second-order valence-corrected chi connectivity index (χ2v) is 9.19. The molecule has 5 rings (SSSR count). The molecule has 0 aliphatic carbocycles. The van der Waals surface area contributed by atoms with Crippen molar-refractivity contribution in [2.24, 2.45) is 0 Å². The van der Waals surface area contributed by atoms with Gasteiger partial charge in [0.1, 0.15) is 11.7 Å². The molecule has 7 nitrogen and oxygen atoms in total. The average Bonchev–Trinajstić information content (AvgIpc) is 3.21. The number of carbonyl (C=O) groups excluding carboxylic acids is 3. The lowest BCUT2D eigenvalue weighted by Crippen LogP contribution is -2.52. The summed E-state index contributed by atoms with van der Waals surface area (Å²) in [5, 5.41) is 9.05. The molecular weight excluding hydrogens is 387 g/mol. The first kappa shape index (κ1) is 19.6. The van der Waals surface area contributed by atoms with Gasteiger partial charge < -0.3 is 15.5 Å². The molecule has 3 amide bonds. The molecule has 3 fully saturated rings. The molecule has 4 aliphatic rings. The zero-order valence-corrected chi connectivity index (χ0v) is 16.9. The van der Waals surface area contributed by atoms with Gasteiger partial charge >= 0.3 is 0 Å². The van der Waals surface area contributed by atoms with E-state index in [1.165, 1.54) is 0 Å². The van der Waals surface area contributed by atoms with E-state index in [9.17, 15) is 14.4 Å². The van der Waals surface area contributed by atoms with Gasteiger partial charge in [-0.15, -0.1) is 0 Å². The van der Waals surface area contributed by atoms with Crippen molar-refractivity contribution in [3.8, 4) is 0 Å². The number of nitrogens with one attached hydrogen (secondary N) is 3. The zero-order chi connectivity index (χ0) is 20.9. The van der Waals surface area contributed by atoms with Gasteiger partial charge in [0.05, 0.1) is 0 Å². The van der Waals surface area contributed by atoms with Crippen LogP contribution in [-0.4, -0.2) is 53.0 Å². The fourth-order valence-electron chi connectivity index (χ4n) is 5.50. The third-order valence-electron chi connectivity index (χ3n) is 6.92. The Kier molecular flexibility index (Phi) is 4.86. The third-order valence-corrected chi connectivity index (χ3v) is 6.92. The Morgan fingerprint density at radius 1 is 1.13 bits per heavy atom. The van der Waals surface area contributed by atoms with E-state index in [0.29, 0.717) is 56.5 Å². The van der Waals surface area contributed by atoms with E-state index in [4.69, 9.17) is 0 Å². The van der Waals surface area contributed by atoms with Gasteiger partial charge in [0, 0.05) is 43.7 Å². The van der Waals surface area contributed by atoms with Crippen LogP contribution in [0, 0.1) is 0 Å². The number of halogens is 1. The number of alkyl halides is 1. The van der Waals surface area contributed by atoms with Crippen LogP contribution in [0.25, 0.3) is 0 Å². The van der Waals surface area contributed by atoms with Crippen LogP contribution in [0.15, 0.2) is 18.2 Å². The molecule has 0 saturated carbocycles. The van der Waals surface area contributed by atoms with Crippen molar-refractivity contribution < 1.29 is 18.8 Å². The molecule has 1 aromatic carbocycles. The lowest BCUT2D eigenvalue weighted by Gasteiger charge is -2.35. The second kappa shape index (κ2) is 7.42. The maximum absolute atomic E-state index is 15.2. The topological polar surface area (TPSA) is 90.5 Å². The van der Waals surface area contributed by atoms with Crippen molar-refractivity contribution >= 4 is 17.7 Å². The molecule has 4 aliphatic heterocycles. The van der Waals surface area contributed by atoms with Crippen molar-refractivity contribution in [3.63, 3.8) is 0 Å². The minimum Gasteiger partial charge on any atom is -0.322 e. The van der Waals surface area contributed by atoms with Gasteiger partial charge in [0.2, 0.25) is 11.8 Å². The summed E-state index contributed by atoms with van der Waals surface area (Å²) < 4.78 is 15.2. The molecule has 0 spiro atoms. The Bertz CT molecular complexity index is 892. The Balaban J connectivity index is 1.20. The highest BCUT2D eigenvalue weighted by molar-refractivity contribution is 6.05. The standard InChI is InChI=1S/C22H27FN4O3/c23-22(8-15-2-3-16(9-22)25-15)12-24-10-13-1-4-17-14(7-13)11-27(21(17)30)18-5-6-19(28)26-20(18)29/h1,4,7,15-16,18,24-25H,2-3,5-6,8-12H2,(H,26,28,29). The van der Waals surface area contributed by atoms with Gasteiger partial charge in [-0.05, 0) is 49.3 Å². The van der Waals surface area contributed by atoms with Crippen LogP contribution in [0.1, 0.15) is 60.0 Å². The molecule has 3 N–H and O–H groups in total. The fraction of sp³-hybridized carbons (Fsp3) is 0.591. The van der Waals surface area contributed by atoms with E-state index in [2.05, 4.69) is 16.0 Å². The number of imide groups is 1. The van der Waals surface area contributed by atoms with Gasteiger partial charge in [-0.1, -0.05) is 12.1 Å². The predicted molar refractivity (Wildman–Crippen MR) is 107 cm³/mol. The van der Waals surface area contributed by atoms with Gasteiger partial charge in [0.15, 0.2) is 0 Å². The minimum absolute atomic E-state index is 0.174. The number of piperidine rings is 2. The number of carbonyl (C=O) groups is 3. The molecule has 3 saturated heterocycles. The number of rotatable bonds is 5. The van der Waals surface area contributed by atoms with Gasteiger partial charge in [-0.3, -0.25) is 19.7 Å². The van der Waals surface area contributed by atoms with Crippen LogP contribution < -0.4 is 16.0 Å². The maximum atomic E-state index is 15.2. The first-order chi connectivity index (χ1) is 14.4. The largest absolute Gasteiger partial charge is 0.322 e. The molecule has 4 heterocycles. The van der Waals surface area contributed by atoms with Crippen molar-refractivity contribution in [1.82, 2.24) is 20.9 Å². The van der Waals surface area contributed by atoms with E-state index >= 15 is 4.39 Å². The summed E-state index contributed by atoms with van der Waals surface area (Å²) in [4.78, 5) is 37.8. The smallest absolute Gasteiger partial charge is 0.255 e. The van der Waals surface area contributed by atoms with Crippen molar-refractivity contribution in [3.05, 3.63) is 34.9 Å². The maximum Gasteiger partial charge on any atom is 0.255 e. The van der Waals surface area contributed by atoms with Crippen molar-refractivity contribution in [2.75, 3.05) is 6.54 Å². The number of benzene rings is 1. The van der Waals surface area contributed by atoms with Crippen LogP contribution in [-0.2, 0) is 22.7 Å². The third kappa shape index (κ3) is 3.63. The number of fused-ring (bicyclic) bond motifs is 3. The van der Waals surface area contributed by atoms with Crippen LogP contribution in [0.2, 0.25) is 0 Å². The summed E-state index contributed by atoms with van der Waals surface area (Å²) >= 11 is 0. The van der Waals surface area contributed by atoms with Crippen molar-refractivity contribution in [2.45, 2.75) is 75.4 Å². The SMILES string of the molecule is O=C1CCC(N2Cc3cc(CNCC4(F)CC5CCC(C4)N5)ccc3C2=O)C(=O)N1. The quantitative estimate of drug-likeness (QED) is 0.629. The Labute approximate surface area is 174 Å². The summed E-state index contributed by atoms with van der Waals surface area (Å²) in [7, 11) is 0. The molecular formula is C22H27FN4O3. The first-order valence-corrected chi connectivity index (χ1v) is 10.8. The van der Waals surface area contributed by atoms with Crippen LogP contribution in [0.3, 0.4) is 0 Å². The molecule has 0 radical (unpaired) electrons. The lowest BCUT2D eigenvalue weighted by atomic mass is 9.89. The molecule has 8 heteroatoms. The van der Waals surface area contributed by atoms with E-state index < -0.39 is 17.6 Å². The van der Waals surface area contributed by atoms with Crippen molar-refractivity contribution in [1.29, 1.82) is 0 Å². The Hall–Kier alpha value is -2.32. The molecule has 2 bridgehead atoms. The van der Waals surface area contributed by atoms with Crippen LogP contribution >= 0.6 is 0 Å².